The van der Waals surface area contributed by atoms with Gasteiger partial charge in [-0.2, -0.15) is 10.1 Å². The molecule has 1 aliphatic rings. The van der Waals surface area contributed by atoms with E-state index in [9.17, 15) is 4.79 Å². The SMILES string of the molecule is CC1SC(c2ccc(Cl)cc2)N(c2ncn[nH]2)C1=O. The van der Waals surface area contributed by atoms with E-state index in [2.05, 4.69) is 15.2 Å². The van der Waals surface area contributed by atoms with Gasteiger partial charge in [0.1, 0.15) is 11.7 Å². The number of carbonyl (C=O) groups is 1. The van der Waals surface area contributed by atoms with Gasteiger partial charge in [-0.25, -0.2) is 5.10 Å². The average Bonchev–Trinajstić information content (AvgIpc) is 3.00. The molecule has 98 valence electrons. The highest BCUT2D eigenvalue weighted by Gasteiger charge is 2.40. The largest absolute Gasteiger partial charge is 0.273 e. The zero-order valence-electron chi connectivity index (χ0n) is 10.1. The van der Waals surface area contributed by atoms with Crippen LogP contribution < -0.4 is 4.90 Å². The van der Waals surface area contributed by atoms with Crippen LogP contribution in [-0.2, 0) is 4.79 Å². The van der Waals surface area contributed by atoms with E-state index >= 15 is 0 Å². The molecular weight excluding hydrogens is 284 g/mol. The monoisotopic (exact) mass is 294 g/mol. The van der Waals surface area contributed by atoms with E-state index in [0.717, 1.165) is 5.56 Å². The number of aromatic amines is 1. The predicted octanol–water partition coefficient (Wildman–Crippen LogP) is 2.63. The van der Waals surface area contributed by atoms with Crippen molar-refractivity contribution in [1.29, 1.82) is 0 Å². The number of hydrogen-bond donors (Lipinski definition) is 1. The number of rotatable bonds is 2. The van der Waals surface area contributed by atoms with Gasteiger partial charge in [0, 0.05) is 5.02 Å². The van der Waals surface area contributed by atoms with Gasteiger partial charge in [-0.3, -0.25) is 9.69 Å². The topological polar surface area (TPSA) is 61.9 Å². The lowest BCUT2D eigenvalue weighted by atomic mass is 10.2. The first-order valence-electron chi connectivity index (χ1n) is 5.76. The van der Waals surface area contributed by atoms with Crippen molar-refractivity contribution in [3.8, 4) is 0 Å². The standard InChI is InChI=1S/C12H11ClN4OS/c1-7-10(18)17(12-14-6-15-16-12)11(19-7)8-2-4-9(13)5-3-8/h2-7,11H,1H3,(H,14,15,16). The number of H-pyrrole nitrogens is 1. The number of nitrogens with zero attached hydrogens (tertiary/aromatic N) is 3. The third-order valence-electron chi connectivity index (χ3n) is 2.94. The zero-order valence-corrected chi connectivity index (χ0v) is 11.6. The van der Waals surface area contributed by atoms with Crippen LogP contribution in [0.3, 0.4) is 0 Å². The molecule has 1 aromatic heterocycles. The third kappa shape index (κ3) is 2.21. The minimum absolute atomic E-state index is 0.0294. The Morgan fingerprint density at radius 2 is 2.11 bits per heavy atom. The molecule has 2 aromatic rings. The second kappa shape index (κ2) is 4.86. The maximum absolute atomic E-state index is 12.2. The Labute approximate surface area is 119 Å². The first-order valence-corrected chi connectivity index (χ1v) is 7.08. The van der Waals surface area contributed by atoms with E-state index in [4.69, 9.17) is 11.6 Å². The van der Waals surface area contributed by atoms with E-state index in [1.54, 1.807) is 16.7 Å². The number of aromatic nitrogens is 3. The lowest BCUT2D eigenvalue weighted by molar-refractivity contribution is -0.117. The number of halogens is 1. The van der Waals surface area contributed by atoms with Gasteiger partial charge in [0.05, 0.1) is 5.25 Å². The summed E-state index contributed by atoms with van der Waals surface area (Å²) in [6.07, 6.45) is 1.40. The van der Waals surface area contributed by atoms with E-state index in [-0.39, 0.29) is 16.5 Å². The molecule has 2 heterocycles. The van der Waals surface area contributed by atoms with E-state index in [1.807, 2.05) is 31.2 Å². The Bertz CT molecular complexity index is 586. The Hall–Kier alpha value is -1.53. The van der Waals surface area contributed by atoms with Gasteiger partial charge in [-0.1, -0.05) is 23.7 Å². The molecule has 5 nitrogen and oxygen atoms in total. The molecule has 19 heavy (non-hydrogen) atoms. The highest BCUT2D eigenvalue weighted by atomic mass is 35.5. The van der Waals surface area contributed by atoms with Crippen LogP contribution in [0.2, 0.25) is 5.02 Å². The van der Waals surface area contributed by atoms with Gasteiger partial charge in [-0.15, -0.1) is 11.8 Å². The summed E-state index contributed by atoms with van der Waals surface area (Å²) in [4.78, 5) is 18.0. The van der Waals surface area contributed by atoms with Crippen LogP contribution in [0.5, 0.6) is 0 Å². The highest BCUT2D eigenvalue weighted by Crippen LogP contribution is 2.44. The summed E-state index contributed by atoms with van der Waals surface area (Å²) in [5, 5.41) is 7.02. The Morgan fingerprint density at radius 1 is 1.37 bits per heavy atom. The number of nitrogens with one attached hydrogen (secondary N) is 1. The summed E-state index contributed by atoms with van der Waals surface area (Å²) in [5.74, 6) is 0.503. The average molecular weight is 295 g/mol. The quantitative estimate of drug-likeness (QED) is 0.925. The molecule has 1 aliphatic heterocycles. The fourth-order valence-electron chi connectivity index (χ4n) is 2.01. The fraction of sp³-hybridized carbons (Fsp3) is 0.250. The minimum Gasteiger partial charge on any atom is -0.273 e. The maximum atomic E-state index is 12.2. The molecular formula is C12H11ClN4OS. The first kappa shape index (κ1) is 12.5. The van der Waals surface area contributed by atoms with Crippen LogP contribution in [0.4, 0.5) is 5.95 Å². The summed E-state index contributed by atoms with van der Waals surface area (Å²) in [6.45, 7) is 1.90. The molecule has 0 aliphatic carbocycles. The lowest BCUT2D eigenvalue weighted by Gasteiger charge is -2.21. The normalized spacial score (nSPS) is 23.1. The summed E-state index contributed by atoms with van der Waals surface area (Å²) < 4.78 is 0. The highest BCUT2D eigenvalue weighted by molar-refractivity contribution is 8.01. The van der Waals surface area contributed by atoms with Crippen LogP contribution in [-0.4, -0.2) is 26.3 Å². The van der Waals surface area contributed by atoms with E-state index in [0.29, 0.717) is 11.0 Å². The molecule has 0 bridgehead atoms. The second-order valence-electron chi connectivity index (χ2n) is 4.20. The van der Waals surface area contributed by atoms with Crippen LogP contribution in [0, 0.1) is 0 Å². The van der Waals surface area contributed by atoms with Gasteiger partial charge in [0.15, 0.2) is 0 Å². The molecule has 7 heteroatoms. The summed E-state index contributed by atoms with van der Waals surface area (Å²) >= 11 is 7.48. The van der Waals surface area contributed by atoms with E-state index < -0.39 is 0 Å². The smallest absolute Gasteiger partial charge is 0.243 e. The van der Waals surface area contributed by atoms with E-state index in [1.165, 1.54) is 6.33 Å². The van der Waals surface area contributed by atoms with Gasteiger partial charge in [-0.05, 0) is 24.6 Å². The van der Waals surface area contributed by atoms with Crippen molar-refractivity contribution in [1.82, 2.24) is 15.2 Å². The Morgan fingerprint density at radius 3 is 2.74 bits per heavy atom. The van der Waals surface area contributed by atoms with Crippen LogP contribution >= 0.6 is 23.4 Å². The van der Waals surface area contributed by atoms with Gasteiger partial charge < -0.3 is 0 Å². The van der Waals surface area contributed by atoms with Gasteiger partial charge in [0.2, 0.25) is 11.9 Å². The minimum atomic E-state index is -0.106. The van der Waals surface area contributed by atoms with Gasteiger partial charge in [0.25, 0.3) is 0 Å². The summed E-state index contributed by atoms with van der Waals surface area (Å²) in [5.41, 5.74) is 1.02. The zero-order chi connectivity index (χ0) is 13.4. The van der Waals surface area contributed by atoms with Crippen LogP contribution in [0.1, 0.15) is 17.9 Å². The molecule has 2 unspecified atom stereocenters. The number of carbonyl (C=O) groups excluding carboxylic acids is 1. The van der Waals surface area contributed by atoms with Crippen LogP contribution in [0.15, 0.2) is 30.6 Å². The van der Waals surface area contributed by atoms with Crippen molar-refractivity contribution >= 4 is 35.2 Å². The molecule has 1 fully saturated rings. The van der Waals surface area contributed by atoms with Crippen molar-refractivity contribution < 1.29 is 4.79 Å². The van der Waals surface area contributed by atoms with Crippen molar-refractivity contribution in [2.75, 3.05) is 4.90 Å². The molecule has 1 N–H and O–H groups in total. The van der Waals surface area contributed by atoms with Crippen LogP contribution in [0.25, 0.3) is 0 Å². The molecule has 2 atom stereocenters. The lowest BCUT2D eigenvalue weighted by Crippen LogP contribution is -2.31. The Balaban J connectivity index is 1.99. The van der Waals surface area contributed by atoms with Crippen molar-refractivity contribution in [3.63, 3.8) is 0 Å². The molecule has 1 saturated heterocycles. The molecule has 1 aromatic carbocycles. The molecule has 0 spiro atoms. The third-order valence-corrected chi connectivity index (χ3v) is 4.54. The van der Waals surface area contributed by atoms with Crippen molar-refractivity contribution in [2.24, 2.45) is 0 Å². The number of amides is 1. The number of anilines is 1. The Kier molecular flexibility index (Phi) is 3.20. The number of hydrogen-bond acceptors (Lipinski definition) is 4. The predicted molar refractivity (Wildman–Crippen MR) is 75.1 cm³/mol. The summed E-state index contributed by atoms with van der Waals surface area (Å²) in [7, 11) is 0. The first-order chi connectivity index (χ1) is 9.16. The molecule has 0 radical (unpaired) electrons. The molecule has 1 amide bonds. The van der Waals surface area contributed by atoms with Crippen molar-refractivity contribution in [2.45, 2.75) is 17.5 Å². The van der Waals surface area contributed by atoms with Crippen molar-refractivity contribution in [3.05, 3.63) is 41.2 Å². The number of benzene rings is 1. The number of thioether (sulfide) groups is 1. The van der Waals surface area contributed by atoms with Gasteiger partial charge >= 0.3 is 0 Å². The fourth-order valence-corrected chi connectivity index (χ4v) is 3.39. The molecule has 3 rings (SSSR count). The summed E-state index contributed by atoms with van der Waals surface area (Å²) in [6, 6.07) is 7.50. The molecule has 0 saturated carbocycles. The second-order valence-corrected chi connectivity index (χ2v) is 6.06. The maximum Gasteiger partial charge on any atom is 0.243 e.